The van der Waals surface area contributed by atoms with Crippen LogP contribution in [-0.2, 0) is 10.1 Å². The van der Waals surface area contributed by atoms with Gasteiger partial charge in [0.15, 0.2) is 16.3 Å². The van der Waals surface area contributed by atoms with E-state index in [4.69, 9.17) is 0 Å². The van der Waals surface area contributed by atoms with Crippen LogP contribution in [0, 0.1) is 0 Å². The molecule has 0 aliphatic heterocycles. The van der Waals surface area contributed by atoms with Crippen molar-refractivity contribution in [1.29, 1.82) is 0 Å². The number of rotatable bonds is 9. The molecule has 0 heterocycles. The van der Waals surface area contributed by atoms with Gasteiger partial charge in [-0.2, -0.15) is 52.7 Å². The van der Waals surface area contributed by atoms with Crippen LogP contribution in [0.2, 0.25) is 0 Å². The fraction of sp³-hybridized carbons (Fsp3) is 1.00. The van der Waals surface area contributed by atoms with Crippen molar-refractivity contribution in [3.63, 3.8) is 0 Å². The van der Waals surface area contributed by atoms with Crippen LogP contribution in [-0.4, -0.2) is 54.0 Å². The van der Waals surface area contributed by atoms with Crippen molar-refractivity contribution in [2.45, 2.75) is 60.8 Å². The average Bonchev–Trinajstić information content (AvgIpc) is 2.45. The summed E-state index contributed by atoms with van der Waals surface area (Å²) in [6.07, 6.45) is -6.68. The maximum Gasteiger partial charge on any atom is 1.00 e. The largest absolute Gasteiger partial charge is 1.00 e. The van der Waals surface area contributed by atoms with Crippen LogP contribution in [0.4, 0.5) is 57.1 Å². The van der Waals surface area contributed by atoms with Gasteiger partial charge in [0, 0.05) is 0 Å². The summed E-state index contributed by atoms with van der Waals surface area (Å²) in [5.41, 5.74) is 0. The molecule has 0 spiro atoms. The molecule has 0 rings (SSSR count). The molecule has 0 aliphatic carbocycles. The Morgan fingerprint density at radius 2 is 1.07 bits per heavy atom. The zero-order valence-electron chi connectivity index (χ0n) is 13.5. The van der Waals surface area contributed by atoms with Crippen molar-refractivity contribution in [2.75, 3.05) is 0 Å². The fourth-order valence-corrected chi connectivity index (χ4v) is 2.02. The summed E-state index contributed by atoms with van der Waals surface area (Å²) in [5.74, 6) is -38.9. The summed E-state index contributed by atoms with van der Waals surface area (Å²) in [4.78, 5) is 0. The van der Waals surface area contributed by atoms with Crippen LogP contribution in [0.5, 0.6) is 0 Å². The van der Waals surface area contributed by atoms with E-state index in [0.717, 1.165) is 6.92 Å². The van der Waals surface area contributed by atoms with Gasteiger partial charge in [0.1, 0.15) is 0 Å². The third-order valence-corrected chi connectivity index (χ3v) is 4.10. The van der Waals surface area contributed by atoms with Gasteiger partial charge in [0.05, 0.1) is 0 Å². The number of hydrogen-bond acceptors (Lipinski definition) is 3. The van der Waals surface area contributed by atoms with Gasteiger partial charge in [-0.25, -0.2) is 12.8 Å². The van der Waals surface area contributed by atoms with Gasteiger partial charge >= 0.3 is 53.7 Å². The van der Waals surface area contributed by atoms with Gasteiger partial charge in [-0.1, -0.05) is 13.3 Å². The average molecular weight is 462 g/mol. The summed E-state index contributed by atoms with van der Waals surface area (Å²) in [6, 6.07) is 0. The zero-order valence-corrected chi connectivity index (χ0v) is 14.4. The Hall–Kier alpha value is -0.403. The minimum Gasteiger partial charge on any atom is -0.743 e. The van der Waals surface area contributed by atoms with E-state index in [1.807, 2.05) is 0 Å². The molecule has 0 aliphatic rings. The van der Waals surface area contributed by atoms with E-state index < -0.39 is 64.0 Å². The van der Waals surface area contributed by atoms with E-state index in [-0.39, 0.29) is 18.9 Å². The summed E-state index contributed by atoms with van der Waals surface area (Å²) >= 11 is 0. The molecule has 18 heteroatoms. The van der Waals surface area contributed by atoms with Crippen molar-refractivity contribution in [2.24, 2.45) is 0 Å². The predicted octanol–water partition coefficient (Wildman–Crippen LogP) is 1.44. The molecule has 164 valence electrons. The van der Waals surface area contributed by atoms with E-state index in [0.29, 0.717) is 0 Å². The number of halogens is 13. The Balaban J connectivity index is 0. The topological polar surface area (TPSA) is 57.2 Å². The van der Waals surface area contributed by atoms with Crippen LogP contribution in [0.1, 0.15) is 19.8 Å². The standard InChI is InChI=1S/C10H9F13O3S.Li/c1-2-3-4(11)5(12,13)6(14,15)7(16,17)8(18,19)9(20,21)10(22,23)27(24,25)26;/h4H,2-3H2,1H3,(H,24,25,26);/q;+1/p-1. The molecular formula is C10H8F13LiO3S. The molecule has 0 saturated heterocycles. The quantitative estimate of drug-likeness (QED) is 0.296. The number of hydrogen-bond donors (Lipinski definition) is 0. The first kappa shape index (κ1) is 29.8. The predicted molar refractivity (Wildman–Crippen MR) is 59.2 cm³/mol. The SMILES string of the molecule is CCCC(F)C(F)(F)C(F)(F)C(F)(F)C(F)(F)C(F)(F)C(F)(F)S(=O)(=O)[O-].[Li+]. The first-order valence-corrected chi connectivity index (χ1v) is 7.75. The van der Waals surface area contributed by atoms with Crippen molar-refractivity contribution >= 4 is 10.1 Å². The minimum absolute atomic E-state index is 0. The molecule has 28 heavy (non-hydrogen) atoms. The maximum atomic E-state index is 13.2. The third-order valence-electron chi connectivity index (χ3n) is 3.22. The second kappa shape index (κ2) is 8.03. The van der Waals surface area contributed by atoms with E-state index in [2.05, 4.69) is 0 Å². The van der Waals surface area contributed by atoms with Gasteiger partial charge in [-0.05, 0) is 6.42 Å². The van der Waals surface area contributed by atoms with E-state index >= 15 is 0 Å². The molecule has 0 N–H and O–H groups in total. The molecule has 1 atom stereocenters. The van der Waals surface area contributed by atoms with Crippen LogP contribution >= 0.6 is 0 Å². The fourth-order valence-electron chi connectivity index (χ4n) is 1.57. The second-order valence-corrected chi connectivity index (χ2v) is 6.57. The second-order valence-electron chi connectivity index (χ2n) is 5.15. The first-order chi connectivity index (χ1) is 11.5. The molecule has 0 aromatic carbocycles. The molecule has 0 amide bonds. The Kier molecular flexibility index (Phi) is 8.54. The molecule has 0 aromatic heterocycles. The van der Waals surface area contributed by atoms with Crippen molar-refractivity contribution in [3.05, 3.63) is 0 Å². The van der Waals surface area contributed by atoms with Crippen molar-refractivity contribution < 1.29 is 88.9 Å². The van der Waals surface area contributed by atoms with E-state index in [9.17, 15) is 70.0 Å². The van der Waals surface area contributed by atoms with E-state index in [1.54, 1.807) is 0 Å². The maximum absolute atomic E-state index is 13.2. The molecule has 0 aromatic rings. The normalized spacial score (nSPS) is 16.5. The van der Waals surface area contributed by atoms with Gasteiger partial charge in [-0.15, -0.1) is 0 Å². The molecule has 0 fully saturated rings. The van der Waals surface area contributed by atoms with Crippen LogP contribution < -0.4 is 18.9 Å². The molecule has 0 saturated carbocycles. The van der Waals surface area contributed by atoms with E-state index in [1.165, 1.54) is 0 Å². The molecule has 0 bridgehead atoms. The van der Waals surface area contributed by atoms with Crippen LogP contribution in [0.3, 0.4) is 0 Å². The smallest absolute Gasteiger partial charge is 0.743 e. The van der Waals surface area contributed by atoms with Crippen molar-refractivity contribution in [1.82, 2.24) is 0 Å². The van der Waals surface area contributed by atoms with Gasteiger partial charge in [0.2, 0.25) is 0 Å². The summed E-state index contributed by atoms with van der Waals surface area (Å²) in [7, 11) is -7.86. The van der Waals surface area contributed by atoms with Gasteiger partial charge in [0.25, 0.3) is 0 Å². The minimum atomic E-state index is -8.24. The van der Waals surface area contributed by atoms with Crippen LogP contribution in [0.15, 0.2) is 0 Å². The first-order valence-electron chi connectivity index (χ1n) is 6.34. The third kappa shape index (κ3) is 3.95. The Morgan fingerprint density at radius 3 is 1.36 bits per heavy atom. The molecular weight excluding hydrogens is 454 g/mol. The Bertz CT molecular complexity index is 649. The summed E-state index contributed by atoms with van der Waals surface area (Å²) in [6.45, 7) is 0.849. The van der Waals surface area contributed by atoms with Crippen LogP contribution in [0.25, 0.3) is 0 Å². The zero-order chi connectivity index (χ0) is 22.5. The molecule has 1 unspecified atom stereocenters. The Labute approximate surface area is 160 Å². The number of alkyl halides is 13. The van der Waals surface area contributed by atoms with Crippen molar-refractivity contribution in [3.8, 4) is 0 Å². The monoisotopic (exact) mass is 462 g/mol. The van der Waals surface area contributed by atoms with Gasteiger partial charge < -0.3 is 4.55 Å². The summed E-state index contributed by atoms with van der Waals surface area (Å²) in [5, 5.41) is -7.61. The molecule has 3 nitrogen and oxygen atoms in total. The summed E-state index contributed by atoms with van der Waals surface area (Å²) < 4.78 is 200. The van der Waals surface area contributed by atoms with Gasteiger partial charge in [-0.3, -0.25) is 0 Å². The Morgan fingerprint density at radius 1 is 0.750 bits per heavy atom. The molecule has 0 radical (unpaired) electrons.